The van der Waals surface area contributed by atoms with Crippen molar-refractivity contribution in [3.63, 3.8) is 0 Å². The molecular formula is C21H26FN3O3S. The molecule has 1 aliphatic heterocycles. The first-order chi connectivity index (χ1) is 13.9. The molecule has 3 rings (SSSR count). The molecule has 29 heavy (non-hydrogen) atoms. The molecule has 0 unspecified atom stereocenters. The fourth-order valence-corrected chi connectivity index (χ4v) is 4.39. The molecule has 2 aromatic carbocycles. The van der Waals surface area contributed by atoms with Crippen molar-refractivity contribution < 1.29 is 17.6 Å². The molecule has 0 saturated carbocycles. The highest BCUT2D eigenvalue weighted by molar-refractivity contribution is 7.89. The Morgan fingerprint density at radius 1 is 1.07 bits per heavy atom. The number of rotatable bonds is 7. The minimum atomic E-state index is -3.84. The molecule has 2 aromatic rings. The first-order valence-electron chi connectivity index (χ1n) is 9.75. The summed E-state index contributed by atoms with van der Waals surface area (Å²) in [5, 5.41) is 0. The van der Waals surface area contributed by atoms with E-state index in [4.69, 9.17) is 0 Å². The van der Waals surface area contributed by atoms with Crippen molar-refractivity contribution in [3.8, 4) is 0 Å². The number of carbonyl (C=O) groups is 1. The van der Waals surface area contributed by atoms with Gasteiger partial charge in [0.15, 0.2) is 0 Å². The van der Waals surface area contributed by atoms with E-state index in [9.17, 15) is 17.6 Å². The standard InChI is InChI=1S/C21H26FN3O3S/c1-2-24-12-14-25(15-13-24)21(26)19-16-18(8-9-20(19)22)29(27,28)23-11-10-17-6-4-3-5-7-17/h3-9,16,23H,2,10-15H2,1H3. The Morgan fingerprint density at radius 2 is 1.76 bits per heavy atom. The number of amides is 1. The Hall–Kier alpha value is -2.29. The maximum absolute atomic E-state index is 14.3. The lowest BCUT2D eigenvalue weighted by molar-refractivity contribution is 0.0638. The van der Waals surface area contributed by atoms with Gasteiger partial charge in [0.25, 0.3) is 5.91 Å². The molecule has 1 fully saturated rings. The monoisotopic (exact) mass is 419 g/mol. The van der Waals surface area contributed by atoms with Gasteiger partial charge < -0.3 is 9.80 Å². The molecule has 1 heterocycles. The van der Waals surface area contributed by atoms with Gasteiger partial charge >= 0.3 is 0 Å². The van der Waals surface area contributed by atoms with Gasteiger partial charge in [0.1, 0.15) is 5.82 Å². The fourth-order valence-electron chi connectivity index (χ4n) is 3.33. The maximum Gasteiger partial charge on any atom is 0.256 e. The van der Waals surface area contributed by atoms with Gasteiger partial charge in [-0.25, -0.2) is 17.5 Å². The minimum absolute atomic E-state index is 0.109. The van der Waals surface area contributed by atoms with Crippen LogP contribution in [0, 0.1) is 5.82 Å². The van der Waals surface area contributed by atoms with Crippen LogP contribution in [0.15, 0.2) is 53.4 Å². The number of likely N-dealkylation sites (N-methyl/N-ethyl adjacent to an activating group) is 1. The van der Waals surface area contributed by atoms with Crippen LogP contribution in [0.4, 0.5) is 4.39 Å². The van der Waals surface area contributed by atoms with Gasteiger partial charge in [0.2, 0.25) is 10.0 Å². The number of hydrogen-bond acceptors (Lipinski definition) is 4. The van der Waals surface area contributed by atoms with Gasteiger partial charge in [0, 0.05) is 32.7 Å². The van der Waals surface area contributed by atoms with Crippen LogP contribution >= 0.6 is 0 Å². The summed E-state index contributed by atoms with van der Waals surface area (Å²) in [6.07, 6.45) is 0.536. The Bertz CT molecular complexity index is 943. The zero-order chi connectivity index (χ0) is 20.9. The third kappa shape index (κ3) is 5.41. The Balaban J connectivity index is 1.69. The van der Waals surface area contributed by atoms with Crippen LogP contribution < -0.4 is 4.72 Å². The Labute approximate surface area is 171 Å². The number of halogens is 1. The molecule has 156 valence electrons. The number of piperazine rings is 1. The molecule has 0 atom stereocenters. The van der Waals surface area contributed by atoms with E-state index >= 15 is 0 Å². The second-order valence-electron chi connectivity index (χ2n) is 7.00. The summed E-state index contributed by atoms with van der Waals surface area (Å²) in [7, 11) is -3.84. The Kier molecular flexibility index (Phi) is 7.00. The number of nitrogens with zero attached hydrogens (tertiary/aromatic N) is 2. The lowest BCUT2D eigenvalue weighted by atomic mass is 10.1. The summed E-state index contributed by atoms with van der Waals surface area (Å²) in [6.45, 7) is 5.61. The van der Waals surface area contributed by atoms with E-state index in [-0.39, 0.29) is 17.0 Å². The van der Waals surface area contributed by atoms with Gasteiger partial charge in [-0.3, -0.25) is 4.79 Å². The summed E-state index contributed by atoms with van der Waals surface area (Å²) in [5.41, 5.74) is 0.803. The molecule has 1 amide bonds. The minimum Gasteiger partial charge on any atom is -0.336 e. The average Bonchev–Trinajstić information content (AvgIpc) is 2.74. The smallest absolute Gasteiger partial charge is 0.256 e. The van der Waals surface area contributed by atoms with Crippen LogP contribution in [-0.2, 0) is 16.4 Å². The predicted molar refractivity (Wildman–Crippen MR) is 110 cm³/mol. The summed E-state index contributed by atoms with van der Waals surface area (Å²) >= 11 is 0. The molecule has 8 heteroatoms. The lowest BCUT2D eigenvalue weighted by Gasteiger charge is -2.34. The van der Waals surface area contributed by atoms with E-state index in [1.54, 1.807) is 4.90 Å². The third-order valence-electron chi connectivity index (χ3n) is 5.13. The summed E-state index contributed by atoms with van der Waals surface area (Å²) in [4.78, 5) is 16.4. The zero-order valence-electron chi connectivity index (χ0n) is 16.5. The van der Waals surface area contributed by atoms with E-state index in [2.05, 4.69) is 16.5 Å². The second-order valence-corrected chi connectivity index (χ2v) is 8.77. The van der Waals surface area contributed by atoms with E-state index in [0.29, 0.717) is 19.5 Å². The van der Waals surface area contributed by atoms with Crippen LogP contribution in [0.1, 0.15) is 22.8 Å². The number of hydrogen-bond donors (Lipinski definition) is 1. The van der Waals surface area contributed by atoms with E-state index in [0.717, 1.165) is 37.3 Å². The zero-order valence-corrected chi connectivity index (χ0v) is 17.3. The van der Waals surface area contributed by atoms with Crippen molar-refractivity contribution in [2.45, 2.75) is 18.2 Å². The highest BCUT2D eigenvalue weighted by Crippen LogP contribution is 2.18. The van der Waals surface area contributed by atoms with Gasteiger partial charge in [-0.1, -0.05) is 37.3 Å². The molecule has 0 aliphatic carbocycles. The van der Waals surface area contributed by atoms with Crippen molar-refractivity contribution in [2.75, 3.05) is 39.3 Å². The van der Waals surface area contributed by atoms with Crippen molar-refractivity contribution in [1.82, 2.24) is 14.5 Å². The van der Waals surface area contributed by atoms with Crippen molar-refractivity contribution in [2.24, 2.45) is 0 Å². The molecule has 0 spiro atoms. The topological polar surface area (TPSA) is 69.7 Å². The van der Waals surface area contributed by atoms with Crippen LogP contribution in [0.5, 0.6) is 0 Å². The summed E-state index contributed by atoms with van der Waals surface area (Å²) in [6, 6.07) is 12.9. The number of benzene rings is 2. The molecule has 6 nitrogen and oxygen atoms in total. The van der Waals surface area contributed by atoms with Crippen molar-refractivity contribution in [1.29, 1.82) is 0 Å². The SMILES string of the molecule is CCN1CCN(C(=O)c2cc(S(=O)(=O)NCCc3ccccc3)ccc2F)CC1. The summed E-state index contributed by atoms with van der Waals surface area (Å²) < 4.78 is 42.0. The first kappa shape index (κ1) is 21.4. The van der Waals surface area contributed by atoms with Crippen molar-refractivity contribution in [3.05, 3.63) is 65.5 Å². The van der Waals surface area contributed by atoms with E-state index < -0.39 is 21.7 Å². The van der Waals surface area contributed by atoms with E-state index in [1.165, 1.54) is 6.07 Å². The number of nitrogens with one attached hydrogen (secondary N) is 1. The van der Waals surface area contributed by atoms with Gasteiger partial charge in [-0.2, -0.15) is 0 Å². The maximum atomic E-state index is 14.3. The number of carbonyl (C=O) groups excluding carboxylic acids is 1. The lowest BCUT2D eigenvalue weighted by Crippen LogP contribution is -2.48. The van der Waals surface area contributed by atoms with Crippen molar-refractivity contribution >= 4 is 15.9 Å². The Morgan fingerprint density at radius 3 is 2.41 bits per heavy atom. The molecule has 0 aromatic heterocycles. The normalized spacial score (nSPS) is 15.4. The molecule has 1 N–H and O–H groups in total. The van der Waals surface area contributed by atoms with E-state index in [1.807, 2.05) is 30.3 Å². The first-order valence-corrected chi connectivity index (χ1v) is 11.2. The average molecular weight is 420 g/mol. The largest absolute Gasteiger partial charge is 0.336 e. The quantitative estimate of drug-likeness (QED) is 0.747. The van der Waals surface area contributed by atoms with Gasteiger partial charge in [-0.05, 0) is 36.7 Å². The molecule has 1 saturated heterocycles. The third-order valence-corrected chi connectivity index (χ3v) is 6.59. The highest BCUT2D eigenvalue weighted by atomic mass is 32.2. The van der Waals surface area contributed by atoms with Gasteiger partial charge in [-0.15, -0.1) is 0 Å². The molecule has 0 bridgehead atoms. The fraction of sp³-hybridized carbons (Fsp3) is 0.381. The molecular weight excluding hydrogens is 393 g/mol. The van der Waals surface area contributed by atoms with Crippen LogP contribution in [0.3, 0.4) is 0 Å². The number of sulfonamides is 1. The molecule has 1 aliphatic rings. The predicted octanol–water partition coefficient (Wildman–Crippen LogP) is 2.12. The highest BCUT2D eigenvalue weighted by Gasteiger charge is 2.25. The van der Waals surface area contributed by atoms with Crippen LogP contribution in [0.2, 0.25) is 0 Å². The van der Waals surface area contributed by atoms with Crippen LogP contribution in [-0.4, -0.2) is 63.4 Å². The summed E-state index contributed by atoms with van der Waals surface area (Å²) in [5.74, 6) is -1.18. The van der Waals surface area contributed by atoms with Crippen LogP contribution in [0.25, 0.3) is 0 Å². The van der Waals surface area contributed by atoms with Gasteiger partial charge in [0.05, 0.1) is 10.5 Å². The molecule has 0 radical (unpaired) electrons. The second kappa shape index (κ2) is 9.47.